The number of hydrogen-bond acceptors (Lipinski definition) is 2. The molecule has 0 radical (unpaired) electrons. The van der Waals surface area contributed by atoms with E-state index in [1.807, 2.05) is 6.92 Å². The van der Waals surface area contributed by atoms with Crippen LogP contribution >= 0.6 is 0 Å². The highest BCUT2D eigenvalue weighted by Gasteiger charge is 2.45. The molecule has 0 saturated heterocycles. The molecule has 3 rings (SSSR count). The third-order valence-electron chi connectivity index (χ3n) is 7.35. The van der Waals surface area contributed by atoms with Gasteiger partial charge >= 0.3 is 0 Å². The van der Waals surface area contributed by atoms with Crippen molar-refractivity contribution in [2.24, 2.45) is 5.41 Å². The van der Waals surface area contributed by atoms with Crippen LogP contribution in [0.3, 0.4) is 0 Å². The van der Waals surface area contributed by atoms with Crippen LogP contribution in [0.2, 0.25) is 0 Å². The topological polar surface area (TPSA) is 37.3 Å². The fraction of sp³-hybridized carbons (Fsp3) is 0.542. The van der Waals surface area contributed by atoms with Crippen molar-refractivity contribution in [2.75, 3.05) is 0 Å². The van der Waals surface area contributed by atoms with E-state index in [0.29, 0.717) is 6.42 Å². The first-order valence-electron chi connectivity index (χ1n) is 9.80. The molecule has 140 valence electrons. The molecule has 0 amide bonds. The van der Waals surface area contributed by atoms with Gasteiger partial charge in [0.25, 0.3) is 0 Å². The van der Waals surface area contributed by atoms with Crippen LogP contribution in [0, 0.1) is 40.0 Å². The van der Waals surface area contributed by atoms with Gasteiger partial charge in [0.15, 0.2) is 5.78 Å². The van der Waals surface area contributed by atoms with Gasteiger partial charge in [-0.1, -0.05) is 12.5 Å². The zero-order chi connectivity index (χ0) is 19.4. The van der Waals surface area contributed by atoms with E-state index in [9.17, 15) is 9.90 Å². The summed E-state index contributed by atoms with van der Waals surface area (Å²) in [4.78, 5) is 13.1. The van der Waals surface area contributed by atoms with E-state index in [0.717, 1.165) is 30.4 Å². The van der Waals surface area contributed by atoms with E-state index in [2.05, 4.69) is 47.6 Å². The van der Waals surface area contributed by atoms with Crippen LogP contribution in [-0.2, 0) is 4.79 Å². The first-order chi connectivity index (χ1) is 12.1. The van der Waals surface area contributed by atoms with Crippen molar-refractivity contribution in [3.05, 3.63) is 50.1 Å². The molecule has 0 spiro atoms. The minimum absolute atomic E-state index is 0.168. The van der Waals surface area contributed by atoms with Crippen molar-refractivity contribution in [1.82, 2.24) is 0 Å². The number of allylic oxidation sites excluding steroid dienone is 2. The first-order valence-corrected chi connectivity index (χ1v) is 9.80. The summed E-state index contributed by atoms with van der Waals surface area (Å²) in [6.45, 7) is 14.9. The number of fused-ring (bicyclic) bond motifs is 1. The summed E-state index contributed by atoms with van der Waals surface area (Å²) in [6.07, 6.45) is 5.14. The Kier molecular flexibility index (Phi) is 4.77. The molecule has 1 saturated carbocycles. The smallest absolute Gasteiger partial charge is 0.184 e. The van der Waals surface area contributed by atoms with Crippen LogP contribution < -0.4 is 0 Å². The molecule has 0 bridgehead atoms. The van der Waals surface area contributed by atoms with E-state index < -0.39 is 0 Å². The highest BCUT2D eigenvalue weighted by Crippen LogP contribution is 2.50. The Morgan fingerprint density at radius 1 is 0.962 bits per heavy atom. The molecule has 1 aromatic carbocycles. The predicted octanol–water partition coefficient (Wildman–Crippen LogP) is 5.45. The number of carbonyl (C=O) groups excluding carboxylic acids is 1. The third-order valence-corrected chi connectivity index (χ3v) is 7.35. The number of aliphatic hydroxyl groups excluding tert-OH is 1. The molecule has 2 heteroatoms. The highest BCUT2D eigenvalue weighted by molar-refractivity contribution is 6.12. The van der Waals surface area contributed by atoms with Crippen LogP contribution in [0.1, 0.15) is 72.9 Å². The van der Waals surface area contributed by atoms with E-state index in [1.165, 1.54) is 39.0 Å². The number of rotatable bonds is 1. The van der Waals surface area contributed by atoms with E-state index in [1.54, 1.807) is 0 Å². The zero-order valence-corrected chi connectivity index (χ0v) is 17.3. The van der Waals surface area contributed by atoms with Crippen molar-refractivity contribution < 1.29 is 9.90 Å². The summed E-state index contributed by atoms with van der Waals surface area (Å²) >= 11 is 0. The summed E-state index contributed by atoms with van der Waals surface area (Å²) in [6, 6.07) is 0. The standard InChI is InChI=1S/C24H32O2/c1-13-14(2)16(4)20(17(5)15(13)3)11-19-12-24(7)21(18(6)23(19)26)9-8-10-22(24)25/h11,22,25H,8-10,12H2,1-7H3/t22-,24-/m0/s1. The van der Waals surface area contributed by atoms with Gasteiger partial charge in [-0.2, -0.15) is 0 Å². The van der Waals surface area contributed by atoms with Gasteiger partial charge < -0.3 is 5.11 Å². The Hall–Kier alpha value is -1.67. The van der Waals surface area contributed by atoms with Gasteiger partial charge in [0.2, 0.25) is 0 Å². The average molecular weight is 353 g/mol. The fourth-order valence-corrected chi connectivity index (χ4v) is 5.01. The minimum Gasteiger partial charge on any atom is -0.392 e. The van der Waals surface area contributed by atoms with E-state index in [-0.39, 0.29) is 17.3 Å². The van der Waals surface area contributed by atoms with Gasteiger partial charge in [-0.3, -0.25) is 4.79 Å². The Bertz CT molecular complexity index is 824. The second-order valence-corrected chi connectivity index (χ2v) is 8.64. The molecule has 1 fully saturated rings. The van der Waals surface area contributed by atoms with Gasteiger partial charge in [0.1, 0.15) is 0 Å². The molecule has 0 aromatic heterocycles. The summed E-state index contributed by atoms with van der Waals surface area (Å²) in [7, 11) is 0. The molecular weight excluding hydrogens is 320 g/mol. The lowest BCUT2D eigenvalue weighted by molar-refractivity contribution is -0.113. The first kappa shape index (κ1) is 19.1. The lowest BCUT2D eigenvalue weighted by atomic mass is 9.61. The molecule has 2 aliphatic carbocycles. The quantitative estimate of drug-likeness (QED) is 0.682. The fourth-order valence-electron chi connectivity index (χ4n) is 5.01. The summed E-state index contributed by atoms with van der Waals surface area (Å²) in [5, 5.41) is 10.7. The van der Waals surface area contributed by atoms with Gasteiger partial charge in [-0.15, -0.1) is 0 Å². The maximum atomic E-state index is 13.1. The molecular formula is C24H32O2. The van der Waals surface area contributed by atoms with E-state index in [4.69, 9.17) is 0 Å². The lowest BCUT2D eigenvalue weighted by Gasteiger charge is -2.45. The zero-order valence-electron chi connectivity index (χ0n) is 17.3. The van der Waals surface area contributed by atoms with Crippen LogP contribution in [-0.4, -0.2) is 17.0 Å². The van der Waals surface area contributed by atoms with Crippen molar-refractivity contribution in [3.63, 3.8) is 0 Å². The van der Waals surface area contributed by atoms with Crippen molar-refractivity contribution in [3.8, 4) is 0 Å². The Labute approximate surface area is 158 Å². The Morgan fingerprint density at radius 3 is 2.08 bits per heavy atom. The SMILES string of the molecule is CC1=C2CCC[C@H](O)[C@@]2(C)CC(=Cc2c(C)c(C)c(C)c(C)c2C)C1=O. The van der Waals surface area contributed by atoms with Crippen LogP contribution in [0.25, 0.3) is 6.08 Å². The summed E-state index contributed by atoms with van der Waals surface area (Å²) in [5.41, 5.74) is 10.2. The monoisotopic (exact) mass is 352 g/mol. The van der Waals surface area contributed by atoms with Crippen LogP contribution in [0.5, 0.6) is 0 Å². The molecule has 0 heterocycles. The Morgan fingerprint density at radius 2 is 1.50 bits per heavy atom. The molecule has 2 nitrogen and oxygen atoms in total. The maximum absolute atomic E-state index is 13.1. The largest absolute Gasteiger partial charge is 0.392 e. The van der Waals surface area contributed by atoms with E-state index >= 15 is 0 Å². The third kappa shape index (κ3) is 2.70. The van der Waals surface area contributed by atoms with Crippen molar-refractivity contribution in [2.45, 2.75) is 80.3 Å². The normalized spacial score (nSPS) is 27.9. The van der Waals surface area contributed by atoms with Crippen molar-refractivity contribution >= 4 is 11.9 Å². The van der Waals surface area contributed by atoms with Crippen LogP contribution in [0.15, 0.2) is 16.7 Å². The Balaban J connectivity index is 2.18. The molecule has 26 heavy (non-hydrogen) atoms. The van der Waals surface area contributed by atoms with Gasteiger partial charge in [0, 0.05) is 11.0 Å². The second kappa shape index (κ2) is 6.49. The van der Waals surface area contributed by atoms with Gasteiger partial charge in [-0.25, -0.2) is 0 Å². The summed E-state index contributed by atoms with van der Waals surface area (Å²) < 4.78 is 0. The van der Waals surface area contributed by atoms with Gasteiger partial charge in [-0.05, 0) is 112 Å². The lowest BCUT2D eigenvalue weighted by Crippen LogP contribution is -2.42. The van der Waals surface area contributed by atoms with Gasteiger partial charge in [0.05, 0.1) is 6.10 Å². The van der Waals surface area contributed by atoms with Crippen LogP contribution in [0.4, 0.5) is 0 Å². The molecule has 0 unspecified atom stereocenters. The molecule has 1 N–H and O–H groups in total. The molecule has 1 aromatic rings. The number of hydrogen-bond donors (Lipinski definition) is 1. The molecule has 2 aliphatic rings. The number of aliphatic hydroxyl groups is 1. The summed E-state index contributed by atoms with van der Waals surface area (Å²) in [5.74, 6) is 0.168. The van der Waals surface area contributed by atoms with Crippen molar-refractivity contribution in [1.29, 1.82) is 0 Å². The minimum atomic E-state index is -0.360. The number of carbonyl (C=O) groups is 1. The molecule has 0 aliphatic heterocycles. The predicted molar refractivity (Wildman–Crippen MR) is 108 cm³/mol. The maximum Gasteiger partial charge on any atom is 0.184 e. The average Bonchev–Trinajstić information content (AvgIpc) is 2.61. The second-order valence-electron chi connectivity index (χ2n) is 8.64. The highest BCUT2D eigenvalue weighted by atomic mass is 16.3. The molecule has 2 atom stereocenters. The number of ketones is 1. The number of benzene rings is 1. The number of Topliss-reactive ketones (excluding diaryl/α,β-unsaturated/α-hetero) is 1.